The quantitative estimate of drug-likeness (QED) is 0.748. The molecule has 1 aliphatic rings. The molecule has 0 atom stereocenters. The molecule has 1 aliphatic heterocycles. The molecule has 0 unspecified atom stereocenters. The molecule has 0 aromatic heterocycles. The highest BCUT2D eigenvalue weighted by Crippen LogP contribution is 2.21. The smallest absolute Gasteiger partial charge is 0.119 e. The summed E-state index contributed by atoms with van der Waals surface area (Å²) in [5.41, 5.74) is 2.42. The summed E-state index contributed by atoms with van der Waals surface area (Å²) in [4.78, 5) is 1.57. The standard InChI is InChI=1S/C20H25NO3/c1-2-4-18(5-3-1)19-6-8-20(9-7-19)24-17-16-23-15-12-21-10-13-22-14-11-21/h1-9H,10-17H2/p+1. The van der Waals surface area contributed by atoms with E-state index in [1.165, 1.54) is 11.1 Å². The second-order valence-corrected chi connectivity index (χ2v) is 5.96. The monoisotopic (exact) mass is 328 g/mol. The van der Waals surface area contributed by atoms with Crippen molar-refractivity contribution in [3.05, 3.63) is 54.6 Å². The van der Waals surface area contributed by atoms with Crippen molar-refractivity contribution in [2.24, 2.45) is 0 Å². The third-order valence-electron chi connectivity index (χ3n) is 4.26. The molecule has 1 N–H and O–H groups in total. The zero-order valence-electron chi connectivity index (χ0n) is 14.1. The second kappa shape index (κ2) is 9.42. The lowest BCUT2D eigenvalue weighted by atomic mass is 10.1. The van der Waals surface area contributed by atoms with Crippen molar-refractivity contribution < 1.29 is 19.1 Å². The van der Waals surface area contributed by atoms with E-state index in [4.69, 9.17) is 14.2 Å². The van der Waals surface area contributed by atoms with E-state index < -0.39 is 0 Å². The van der Waals surface area contributed by atoms with Gasteiger partial charge in [0.15, 0.2) is 0 Å². The Morgan fingerprint density at radius 2 is 1.50 bits per heavy atom. The van der Waals surface area contributed by atoms with Crippen molar-refractivity contribution in [2.75, 3.05) is 52.7 Å². The summed E-state index contributed by atoms with van der Waals surface area (Å²) >= 11 is 0. The molecule has 2 aromatic rings. The van der Waals surface area contributed by atoms with E-state index in [9.17, 15) is 0 Å². The van der Waals surface area contributed by atoms with Gasteiger partial charge in [-0.05, 0) is 23.3 Å². The summed E-state index contributed by atoms with van der Waals surface area (Å²) in [6.45, 7) is 6.98. The van der Waals surface area contributed by atoms with Gasteiger partial charge in [-0.1, -0.05) is 42.5 Å². The Hall–Kier alpha value is -1.88. The van der Waals surface area contributed by atoms with Crippen molar-refractivity contribution in [1.82, 2.24) is 0 Å². The highest BCUT2D eigenvalue weighted by atomic mass is 16.5. The summed E-state index contributed by atoms with van der Waals surface area (Å²) in [5, 5.41) is 0. The first-order valence-electron chi connectivity index (χ1n) is 8.69. The predicted octanol–water partition coefficient (Wildman–Crippen LogP) is 1.66. The molecular formula is C20H26NO3+. The normalized spacial score (nSPS) is 15.3. The van der Waals surface area contributed by atoms with Gasteiger partial charge in [-0.2, -0.15) is 0 Å². The molecule has 0 saturated carbocycles. The Morgan fingerprint density at radius 3 is 2.25 bits per heavy atom. The minimum atomic E-state index is 0.586. The van der Waals surface area contributed by atoms with Crippen LogP contribution in [0.15, 0.2) is 54.6 Å². The highest BCUT2D eigenvalue weighted by molar-refractivity contribution is 5.63. The van der Waals surface area contributed by atoms with Crippen molar-refractivity contribution in [1.29, 1.82) is 0 Å². The maximum Gasteiger partial charge on any atom is 0.119 e. The number of hydrogen-bond acceptors (Lipinski definition) is 3. The molecule has 4 nitrogen and oxygen atoms in total. The fourth-order valence-corrected chi connectivity index (χ4v) is 2.82. The molecule has 0 bridgehead atoms. The third-order valence-corrected chi connectivity index (χ3v) is 4.26. The van der Waals surface area contributed by atoms with Crippen molar-refractivity contribution in [3.63, 3.8) is 0 Å². The van der Waals surface area contributed by atoms with E-state index in [0.717, 1.165) is 45.2 Å². The van der Waals surface area contributed by atoms with Crippen LogP contribution in [-0.4, -0.2) is 52.7 Å². The summed E-state index contributed by atoms with van der Waals surface area (Å²) in [5.74, 6) is 0.886. The lowest BCUT2D eigenvalue weighted by molar-refractivity contribution is -0.908. The van der Waals surface area contributed by atoms with Crippen LogP contribution < -0.4 is 9.64 Å². The van der Waals surface area contributed by atoms with Gasteiger partial charge >= 0.3 is 0 Å². The van der Waals surface area contributed by atoms with Gasteiger partial charge in [-0.25, -0.2) is 0 Å². The van der Waals surface area contributed by atoms with E-state index in [2.05, 4.69) is 36.4 Å². The van der Waals surface area contributed by atoms with Crippen LogP contribution in [0, 0.1) is 0 Å². The van der Waals surface area contributed by atoms with Gasteiger partial charge in [0.05, 0.1) is 26.4 Å². The highest BCUT2D eigenvalue weighted by Gasteiger charge is 2.12. The zero-order chi connectivity index (χ0) is 16.5. The van der Waals surface area contributed by atoms with E-state index in [0.29, 0.717) is 13.2 Å². The molecule has 24 heavy (non-hydrogen) atoms. The van der Waals surface area contributed by atoms with Crippen LogP contribution >= 0.6 is 0 Å². The van der Waals surface area contributed by atoms with Crippen LogP contribution in [0.1, 0.15) is 0 Å². The molecule has 128 valence electrons. The van der Waals surface area contributed by atoms with Crippen LogP contribution in [0.2, 0.25) is 0 Å². The van der Waals surface area contributed by atoms with E-state index in [-0.39, 0.29) is 0 Å². The Morgan fingerprint density at radius 1 is 0.792 bits per heavy atom. The predicted molar refractivity (Wildman–Crippen MR) is 94.6 cm³/mol. The van der Waals surface area contributed by atoms with E-state index in [1.807, 2.05) is 18.2 Å². The van der Waals surface area contributed by atoms with Crippen LogP contribution in [0.5, 0.6) is 5.75 Å². The largest absolute Gasteiger partial charge is 0.491 e. The average Bonchev–Trinajstić information content (AvgIpc) is 2.67. The number of morpholine rings is 1. The summed E-state index contributed by atoms with van der Waals surface area (Å²) in [7, 11) is 0. The Kier molecular flexibility index (Phi) is 6.66. The molecule has 1 heterocycles. The number of quaternary nitrogens is 1. The number of ether oxygens (including phenoxy) is 3. The number of benzene rings is 2. The lowest BCUT2D eigenvalue weighted by Gasteiger charge is -2.23. The molecule has 1 saturated heterocycles. The lowest BCUT2D eigenvalue weighted by Crippen LogP contribution is -3.14. The topological polar surface area (TPSA) is 32.1 Å². The first-order chi connectivity index (χ1) is 11.9. The van der Waals surface area contributed by atoms with Crippen LogP contribution in [0.25, 0.3) is 11.1 Å². The number of nitrogens with one attached hydrogen (secondary N) is 1. The first-order valence-corrected chi connectivity index (χ1v) is 8.69. The number of hydrogen-bond donors (Lipinski definition) is 1. The molecule has 0 amide bonds. The minimum Gasteiger partial charge on any atom is -0.491 e. The zero-order valence-corrected chi connectivity index (χ0v) is 14.1. The van der Waals surface area contributed by atoms with Crippen LogP contribution in [0.3, 0.4) is 0 Å². The van der Waals surface area contributed by atoms with Gasteiger partial charge in [0.25, 0.3) is 0 Å². The molecule has 0 aliphatic carbocycles. The first kappa shape index (κ1) is 17.0. The second-order valence-electron chi connectivity index (χ2n) is 5.96. The SMILES string of the molecule is c1ccc(-c2ccc(OCCOCC[NH+]3CCOCC3)cc2)cc1. The van der Waals surface area contributed by atoms with Gasteiger partial charge in [0, 0.05) is 0 Å². The fraction of sp³-hybridized carbons (Fsp3) is 0.400. The van der Waals surface area contributed by atoms with Crippen LogP contribution in [-0.2, 0) is 9.47 Å². The molecule has 3 rings (SSSR count). The van der Waals surface area contributed by atoms with Crippen molar-refractivity contribution >= 4 is 0 Å². The molecule has 0 spiro atoms. The summed E-state index contributed by atoms with van der Waals surface area (Å²) in [6.07, 6.45) is 0. The Balaban J connectivity index is 1.32. The van der Waals surface area contributed by atoms with Crippen LogP contribution in [0.4, 0.5) is 0 Å². The summed E-state index contributed by atoms with van der Waals surface area (Å²) < 4.78 is 16.8. The fourth-order valence-electron chi connectivity index (χ4n) is 2.82. The van der Waals surface area contributed by atoms with Gasteiger partial charge < -0.3 is 19.1 Å². The maximum atomic E-state index is 5.74. The average molecular weight is 328 g/mol. The van der Waals surface area contributed by atoms with Gasteiger partial charge in [-0.3, -0.25) is 0 Å². The van der Waals surface area contributed by atoms with Gasteiger partial charge in [-0.15, -0.1) is 0 Å². The molecule has 0 radical (unpaired) electrons. The van der Waals surface area contributed by atoms with Crippen molar-refractivity contribution in [2.45, 2.75) is 0 Å². The van der Waals surface area contributed by atoms with Crippen molar-refractivity contribution in [3.8, 4) is 16.9 Å². The minimum absolute atomic E-state index is 0.586. The van der Waals surface area contributed by atoms with E-state index >= 15 is 0 Å². The Labute approximate surface area is 144 Å². The summed E-state index contributed by atoms with van der Waals surface area (Å²) in [6, 6.07) is 18.6. The van der Waals surface area contributed by atoms with Gasteiger partial charge in [0.1, 0.15) is 32.0 Å². The Bertz CT molecular complexity index is 580. The van der Waals surface area contributed by atoms with Gasteiger partial charge in [0.2, 0.25) is 0 Å². The molecule has 2 aromatic carbocycles. The van der Waals surface area contributed by atoms with E-state index in [1.54, 1.807) is 4.90 Å². The number of rotatable bonds is 8. The molecule has 1 fully saturated rings. The third kappa shape index (κ3) is 5.34. The molecular weight excluding hydrogens is 302 g/mol. The molecule has 4 heteroatoms. The maximum absolute atomic E-state index is 5.74.